The summed E-state index contributed by atoms with van der Waals surface area (Å²) in [6.07, 6.45) is -0.913. The topological polar surface area (TPSA) is 85.7 Å². The number of fused-ring (bicyclic) bond motifs is 1. The molecule has 3 rings (SSSR count). The Balaban J connectivity index is 2.03. The van der Waals surface area contributed by atoms with E-state index in [4.69, 9.17) is 0 Å². The van der Waals surface area contributed by atoms with Gasteiger partial charge < -0.3 is 15.2 Å². The molecular weight excluding hydrogens is 256 g/mol. The van der Waals surface area contributed by atoms with Crippen LogP contribution in [0.1, 0.15) is 17.4 Å². The molecule has 100 valence electrons. The molecule has 5 heteroatoms. The van der Waals surface area contributed by atoms with Gasteiger partial charge in [0, 0.05) is 11.2 Å². The molecule has 0 amide bonds. The van der Waals surface area contributed by atoms with Crippen molar-refractivity contribution >= 4 is 16.6 Å². The zero-order valence-electron chi connectivity index (χ0n) is 10.4. The molecule has 0 radical (unpaired) electrons. The molecule has 0 bridgehead atoms. The van der Waals surface area contributed by atoms with Gasteiger partial charge in [0.25, 0.3) is 0 Å². The van der Waals surface area contributed by atoms with Gasteiger partial charge in [-0.2, -0.15) is 0 Å². The molecule has 0 spiro atoms. The van der Waals surface area contributed by atoms with Gasteiger partial charge in [0.05, 0.1) is 0 Å². The van der Waals surface area contributed by atoms with Crippen molar-refractivity contribution < 1.29 is 10.2 Å². The second-order valence-corrected chi connectivity index (χ2v) is 4.55. The SMILES string of the molecule is O=Nc1cc(C(O)c2cc3ccccc3[nH]2)ccc1O. The monoisotopic (exact) mass is 268 g/mol. The minimum absolute atomic E-state index is 0.0855. The summed E-state index contributed by atoms with van der Waals surface area (Å²) in [5.41, 5.74) is 1.95. The molecule has 0 aliphatic heterocycles. The van der Waals surface area contributed by atoms with E-state index in [-0.39, 0.29) is 11.4 Å². The van der Waals surface area contributed by atoms with E-state index in [1.165, 1.54) is 12.1 Å². The van der Waals surface area contributed by atoms with Gasteiger partial charge in [-0.15, -0.1) is 4.91 Å². The van der Waals surface area contributed by atoms with Gasteiger partial charge in [0.1, 0.15) is 17.5 Å². The molecule has 3 aromatic rings. The average molecular weight is 268 g/mol. The van der Waals surface area contributed by atoms with Crippen LogP contribution in [-0.4, -0.2) is 15.2 Å². The normalized spacial score (nSPS) is 12.4. The average Bonchev–Trinajstić information content (AvgIpc) is 2.91. The number of hydrogen-bond donors (Lipinski definition) is 3. The third-order valence-corrected chi connectivity index (χ3v) is 3.26. The number of hydrogen-bond acceptors (Lipinski definition) is 4. The van der Waals surface area contributed by atoms with Crippen LogP contribution in [0.3, 0.4) is 0 Å². The number of aromatic nitrogens is 1. The summed E-state index contributed by atoms with van der Waals surface area (Å²) in [7, 11) is 0. The van der Waals surface area contributed by atoms with Crippen LogP contribution in [0.5, 0.6) is 5.75 Å². The quantitative estimate of drug-likeness (QED) is 0.637. The van der Waals surface area contributed by atoms with Crippen LogP contribution < -0.4 is 0 Å². The first-order chi connectivity index (χ1) is 9.69. The largest absolute Gasteiger partial charge is 0.506 e. The highest BCUT2D eigenvalue weighted by Gasteiger charge is 2.15. The predicted molar refractivity (Wildman–Crippen MR) is 75.9 cm³/mol. The summed E-state index contributed by atoms with van der Waals surface area (Å²) in [6.45, 7) is 0. The lowest BCUT2D eigenvalue weighted by Crippen LogP contribution is -1.99. The Kier molecular flexibility index (Phi) is 2.96. The fraction of sp³-hybridized carbons (Fsp3) is 0.0667. The number of aliphatic hydroxyl groups is 1. The Morgan fingerprint density at radius 3 is 2.65 bits per heavy atom. The van der Waals surface area contributed by atoms with Gasteiger partial charge >= 0.3 is 0 Å². The van der Waals surface area contributed by atoms with E-state index in [0.29, 0.717) is 11.3 Å². The van der Waals surface area contributed by atoms with Gasteiger partial charge in [-0.05, 0) is 40.4 Å². The van der Waals surface area contributed by atoms with E-state index in [1.807, 2.05) is 30.3 Å². The standard InChI is InChI=1S/C15H12N2O3/c18-14-6-5-10(8-12(14)17-20)15(19)13-7-9-3-1-2-4-11(9)16-13/h1-8,15-16,18-19H. The Hall–Kier alpha value is -2.66. The van der Waals surface area contributed by atoms with Crippen molar-refractivity contribution in [3.8, 4) is 5.75 Å². The molecule has 20 heavy (non-hydrogen) atoms. The van der Waals surface area contributed by atoms with Gasteiger partial charge in [0.15, 0.2) is 0 Å². The molecule has 0 fully saturated rings. The summed E-state index contributed by atoms with van der Waals surface area (Å²) in [5, 5.41) is 23.5. The van der Waals surface area contributed by atoms with Crippen LogP contribution in [-0.2, 0) is 0 Å². The van der Waals surface area contributed by atoms with E-state index in [1.54, 1.807) is 6.07 Å². The fourth-order valence-electron chi connectivity index (χ4n) is 2.21. The number of nitroso groups, excluding NO2 is 1. The lowest BCUT2D eigenvalue weighted by Gasteiger charge is -2.09. The Labute approximate surface area is 114 Å². The third kappa shape index (κ3) is 2.04. The molecule has 0 aliphatic rings. The highest BCUT2D eigenvalue weighted by molar-refractivity contribution is 5.80. The molecule has 1 aromatic heterocycles. The maximum Gasteiger partial charge on any atom is 0.149 e. The van der Waals surface area contributed by atoms with Gasteiger partial charge in [-0.25, -0.2) is 0 Å². The molecule has 5 nitrogen and oxygen atoms in total. The van der Waals surface area contributed by atoms with E-state index >= 15 is 0 Å². The minimum atomic E-state index is -0.913. The number of H-pyrrole nitrogens is 1. The molecule has 2 aromatic carbocycles. The Morgan fingerprint density at radius 2 is 1.90 bits per heavy atom. The van der Waals surface area contributed by atoms with Gasteiger partial charge in [-0.1, -0.05) is 24.3 Å². The zero-order chi connectivity index (χ0) is 14.1. The second kappa shape index (κ2) is 4.79. The van der Waals surface area contributed by atoms with E-state index in [0.717, 1.165) is 10.9 Å². The number of benzene rings is 2. The number of nitrogens with zero attached hydrogens (tertiary/aromatic N) is 1. The number of nitrogens with one attached hydrogen (secondary N) is 1. The van der Waals surface area contributed by atoms with Crippen LogP contribution in [0.15, 0.2) is 53.7 Å². The summed E-state index contributed by atoms with van der Waals surface area (Å²) in [6, 6.07) is 13.8. The predicted octanol–water partition coefficient (Wildman–Crippen LogP) is 3.35. The lowest BCUT2D eigenvalue weighted by molar-refractivity contribution is 0.216. The first-order valence-corrected chi connectivity index (χ1v) is 6.11. The molecule has 1 unspecified atom stereocenters. The van der Waals surface area contributed by atoms with Crippen molar-refractivity contribution in [3.63, 3.8) is 0 Å². The number of phenols is 1. The number of rotatable bonds is 3. The zero-order valence-corrected chi connectivity index (χ0v) is 10.4. The van der Waals surface area contributed by atoms with Crippen molar-refractivity contribution in [2.45, 2.75) is 6.10 Å². The van der Waals surface area contributed by atoms with Gasteiger partial charge in [-0.3, -0.25) is 0 Å². The summed E-state index contributed by atoms with van der Waals surface area (Å²) >= 11 is 0. The smallest absolute Gasteiger partial charge is 0.149 e. The van der Waals surface area contributed by atoms with Crippen LogP contribution in [0.2, 0.25) is 0 Å². The van der Waals surface area contributed by atoms with Crippen molar-refractivity contribution in [2.75, 3.05) is 0 Å². The number of para-hydroxylation sites is 1. The number of aromatic hydroxyl groups is 1. The van der Waals surface area contributed by atoms with Crippen LogP contribution in [0, 0.1) is 4.91 Å². The van der Waals surface area contributed by atoms with Crippen LogP contribution in [0.25, 0.3) is 10.9 Å². The van der Waals surface area contributed by atoms with E-state index in [2.05, 4.69) is 10.2 Å². The first-order valence-electron chi connectivity index (χ1n) is 6.11. The third-order valence-electron chi connectivity index (χ3n) is 3.26. The minimum Gasteiger partial charge on any atom is -0.506 e. The van der Waals surface area contributed by atoms with E-state index in [9.17, 15) is 15.1 Å². The van der Waals surface area contributed by atoms with Crippen molar-refractivity contribution in [3.05, 3.63) is 64.7 Å². The maximum atomic E-state index is 10.6. The summed E-state index contributed by atoms with van der Waals surface area (Å²) in [4.78, 5) is 13.7. The van der Waals surface area contributed by atoms with Crippen LogP contribution >= 0.6 is 0 Å². The molecule has 1 atom stereocenters. The van der Waals surface area contributed by atoms with Crippen molar-refractivity contribution in [1.82, 2.24) is 4.98 Å². The maximum absolute atomic E-state index is 10.6. The molecule has 0 aliphatic carbocycles. The highest BCUT2D eigenvalue weighted by Crippen LogP contribution is 2.32. The number of aromatic amines is 1. The Morgan fingerprint density at radius 1 is 1.10 bits per heavy atom. The summed E-state index contributed by atoms with van der Waals surface area (Å²) in [5.74, 6) is -0.201. The molecule has 1 heterocycles. The van der Waals surface area contributed by atoms with Crippen LogP contribution in [0.4, 0.5) is 5.69 Å². The molecular formula is C15H12N2O3. The first kappa shape index (κ1) is 12.4. The highest BCUT2D eigenvalue weighted by atomic mass is 16.3. The van der Waals surface area contributed by atoms with Gasteiger partial charge in [0.2, 0.25) is 0 Å². The summed E-state index contributed by atoms with van der Waals surface area (Å²) < 4.78 is 0. The Bertz CT molecular complexity index is 747. The number of aliphatic hydroxyl groups excluding tert-OH is 1. The van der Waals surface area contributed by atoms with Crippen molar-refractivity contribution in [1.29, 1.82) is 0 Å². The van der Waals surface area contributed by atoms with E-state index < -0.39 is 6.10 Å². The van der Waals surface area contributed by atoms with Crippen molar-refractivity contribution in [2.24, 2.45) is 5.18 Å². The number of phenolic OH excluding ortho intramolecular Hbond substituents is 1. The second-order valence-electron chi connectivity index (χ2n) is 4.55. The molecule has 0 saturated carbocycles. The molecule has 0 saturated heterocycles. The molecule has 3 N–H and O–H groups in total. The lowest BCUT2D eigenvalue weighted by atomic mass is 10.1. The fourth-order valence-corrected chi connectivity index (χ4v) is 2.21.